The molecule has 2 saturated heterocycles. The Kier molecular flexibility index (Phi) is 2.78. The fourth-order valence-corrected chi connectivity index (χ4v) is 2.71. The predicted molar refractivity (Wildman–Crippen MR) is 56.4 cm³/mol. The number of likely N-dealkylation sites (tertiary alicyclic amines) is 1. The Balaban J connectivity index is 2.15. The summed E-state index contributed by atoms with van der Waals surface area (Å²) in [6.07, 6.45) is 2.32. The van der Waals surface area contributed by atoms with Crippen molar-refractivity contribution in [1.29, 1.82) is 0 Å². The quantitative estimate of drug-likeness (QED) is 0.671. The number of carbonyl (C=O) groups is 2. The van der Waals surface area contributed by atoms with Crippen LogP contribution in [0.2, 0.25) is 0 Å². The average Bonchev–Trinajstić information content (AvgIpc) is 2.24. The molecule has 2 aliphatic rings. The first-order chi connectivity index (χ1) is 7.16. The molecule has 0 aromatic rings. The van der Waals surface area contributed by atoms with E-state index in [1.807, 2.05) is 0 Å². The van der Waals surface area contributed by atoms with Crippen molar-refractivity contribution in [1.82, 2.24) is 10.2 Å². The van der Waals surface area contributed by atoms with Crippen molar-refractivity contribution in [2.45, 2.75) is 26.2 Å². The highest BCUT2D eigenvalue weighted by Gasteiger charge is 2.45. The number of Topliss-reactive ketones (excluding diaryl/α,β-unsaturated/α-hetero) is 1. The van der Waals surface area contributed by atoms with Crippen LogP contribution in [0, 0.1) is 5.41 Å². The van der Waals surface area contributed by atoms with Crippen LogP contribution in [0.3, 0.4) is 0 Å². The van der Waals surface area contributed by atoms with Gasteiger partial charge in [0.1, 0.15) is 0 Å². The third kappa shape index (κ3) is 1.91. The van der Waals surface area contributed by atoms with Gasteiger partial charge >= 0.3 is 0 Å². The van der Waals surface area contributed by atoms with Crippen LogP contribution in [0.25, 0.3) is 0 Å². The van der Waals surface area contributed by atoms with Gasteiger partial charge in [0.15, 0.2) is 5.78 Å². The van der Waals surface area contributed by atoms with Gasteiger partial charge in [-0.25, -0.2) is 0 Å². The number of carbonyl (C=O) groups excluding carboxylic acids is 2. The molecule has 1 N–H and O–H groups in total. The second-order valence-electron chi connectivity index (χ2n) is 4.65. The third-order valence-electron chi connectivity index (χ3n) is 3.57. The van der Waals surface area contributed by atoms with Gasteiger partial charge in [-0.1, -0.05) is 6.92 Å². The van der Waals surface area contributed by atoms with E-state index in [4.69, 9.17) is 0 Å². The number of amides is 1. The normalized spacial score (nSPS) is 33.1. The minimum absolute atomic E-state index is 0.0836. The van der Waals surface area contributed by atoms with Gasteiger partial charge in [-0.3, -0.25) is 9.59 Å². The lowest BCUT2D eigenvalue weighted by Gasteiger charge is -2.42. The topological polar surface area (TPSA) is 49.4 Å². The molecule has 15 heavy (non-hydrogen) atoms. The van der Waals surface area contributed by atoms with E-state index in [-0.39, 0.29) is 18.2 Å². The van der Waals surface area contributed by atoms with Crippen LogP contribution >= 0.6 is 0 Å². The number of ketones is 1. The number of hydrogen-bond donors (Lipinski definition) is 1. The summed E-state index contributed by atoms with van der Waals surface area (Å²) < 4.78 is 0. The molecule has 4 heteroatoms. The Morgan fingerprint density at radius 3 is 3.00 bits per heavy atom. The van der Waals surface area contributed by atoms with Crippen LogP contribution in [0.4, 0.5) is 0 Å². The zero-order valence-corrected chi connectivity index (χ0v) is 9.21. The summed E-state index contributed by atoms with van der Waals surface area (Å²) in [5, 5.41) is 2.72. The number of hydrogen-bond acceptors (Lipinski definition) is 3. The van der Waals surface area contributed by atoms with Crippen molar-refractivity contribution in [3.63, 3.8) is 0 Å². The van der Waals surface area contributed by atoms with Gasteiger partial charge in [0.05, 0.1) is 12.0 Å². The Labute approximate surface area is 90.0 Å². The number of rotatable bonds is 1. The fraction of sp³-hybridized carbons (Fsp3) is 0.818. The first-order valence-electron chi connectivity index (χ1n) is 5.69. The van der Waals surface area contributed by atoms with Gasteiger partial charge < -0.3 is 10.2 Å². The number of nitrogens with zero attached hydrogens (tertiary/aromatic N) is 1. The van der Waals surface area contributed by atoms with Gasteiger partial charge in [0.25, 0.3) is 0 Å². The SMILES string of the molecule is CCN1CCCC2(CC(=O)CNC2=O)C1. The van der Waals surface area contributed by atoms with E-state index in [0.29, 0.717) is 6.42 Å². The molecule has 0 aromatic heterocycles. The molecular weight excluding hydrogens is 192 g/mol. The third-order valence-corrected chi connectivity index (χ3v) is 3.57. The zero-order valence-electron chi connectivity index (χ0n) is 9.21. The van der Waals surface area contributed by atoms with Crippen LogP contribution in [0.15, 0.2) is 0 Å². The minimum atomic E-state index is -0.413. The molecule has 0 aliphatic carbocycles. The zero-order chi connectivity index (χ0) is 10.9. The Hall–Kier alpha value is -0.900. The van der Waals surface area contributed by atoms with Crippen molar-refractivity contribution in [2.24, 2.45) is 5.41 Å². The summed E-state index contributed by atoms with van der Waals surface area (Å²) in [7, 11) is 0. The number of piperidine rings is 2. The molecule has 2 fully saturated rings. The first-order valence-corrected chi connectivity index (χ1v) is 5.69. The Morgan fingerprint density at radius 1 is 1.47 bits per heavy atom. The molecule has 0 saturated carbocycles. The molecule has 1 amide bonds. The maximum absolute atomic E-state index is 11.9. The summed E-state index contributed by atoms with van der Waals surface area (Å²) >= 11 is 0. The summed E-state index contributed by atoms with van der Waals surface area (Å²) in [6, 6.07) is 0. The summed E-state index contributed by atoms with van der Waals surface area (Å²) in [4.78, 5) is 25.6. The lowest BCUT2D eigenvalue weighted by Crippen LogP contribution is -2.57. The molecule has 2 rings (SSSR count). The lowest BCUT2D eigenvalue weighted by molar-refractivity contribution is -0.144. The van der Waals surface area contributed by atoms with Gasteiger partial charge in [-0.2, -0.15) is 0 Å². The van der Waals surface area contributed by atoms with E-state index in [1.54, 1.807) is 0 Å². The summed E-state index contributed by atoms with van der Waals surface area (Å²) in [5.74, 6) is 0.257. The van der Waals surface area contributed by atoms with Crippen molar-refractivity contribution in [3.8, 4) is 0 Å². The van der Waals surface area contributed by atoms with Crippen molar-refractivity contribution >= 4 is 11.7 Å². The van der Waals surface area contributed by atoms with Crippen molar-refractivity contribution in [2.75, 3.05) is 26.2 Å². The number of nitrogens with one attached hydrogen (secondary N) is 1. The van der Waals surface area contributed by atoms with Crippen LogP contribution in [-0.2, 0) is 9.59 Å². The molecular formula is C11H18N2O2. The van der Waals surface area contributed by atoms with Crippen molar-refractivity contribution < 1.29 is 9.59 Å². The van der Waals surface area contributed by atoms with Gasteiger partial charge in [-0.05, 0) is 25.9 Å². The highest BCUT2D eigenvalue weighted by atomic mass is 16.2. The molecule has 84 valence electrons. The van der Waals surface area contributed by atoms with Crippen LogP contribution < -0.4 is 5.32 Å². The highest BCUT2D eigenvalue weighted by Crippen LogP contribution is 2.35. The average molecular weight is 210 g/mol. The standard InChI is InChI=1S/C11H18N2O2/c1-2-13-5-3-4-11(8-13)6-9(14)7-12-10(11)15/h2-8H2,1H3,(H,12,15). The van der Waals surface area contributed by atoms with E-state index >= 15 is 0 Å². The maximum Gasteiger partial charge on any atom is 0.228 e. The van der Waals surface area contributed by atoms with E-state index < -0.39 is 5.41 Å². The molecule has 1 spiro atoms. The predicted octanol–water partition coefficient (Wildman–Crippen LogP) is 0.178. The van der Waals surface area contributed by atoms with E-state index in [2.05, 4.69) is 17.1 Å². The molecule has 0 radical (unpaired) electrons. The largest absolute Gasteiger partial charge is 0.348 e. The van der Waals surface area contributed by atoms with Gasteiger partial charge in [-0.15, -0.1) is 0 Å². The molecule has 0 bridgehead atoms. The molecule has 2 aliphatic heterocycles. The second-order valence-corrected chi connectivity index (χ2v) is 4.65. The maximum atomic E-state index is 11.9. The summed E-state index contributed by atoms with van der Waals surface area (Å²) in [5.41, 5.74) is -0.413. The summed E-state index contributed by atoms with van der Waals surface area (Å²) in [6.45, 7) is 5.10. The van der Waals surface area contributed by atoms with Crippen LogP contribution in [-0.4, -0.2) is 42.8 Å². The fourth-order valence-electron chi connectivity index (χ4n) is 2.71. The highest BCUT2D eigenvalue weighted by molar-refractivity contribution is 5.97. The smallest absolute Gasteiger partial charge is 0.228 e. The molecule has 1 atom stereocenters. The van der Waals surface area contributed by atoms with E-state index in [1.165, 1.54) is 0 Å². The molecule has 4 nitrogen and oxygen atoms in total. The molecule has 1 unspecified atom stereocenters. The van der Waals surface area contributed by atoms with Crippen LogP contribution in [0.5, 0.6) is 0 Å². The Morgan fingerprint density at radius 2 is 2.27 bits per heavy atom. The molecule has 2 heterocycles. The Bertz CT molecular complexity index is 290. The van der Waals surface area contributed by atoms with E-state index in [9.17, 15) is 9.59 Å². The monoisotopic (exact) mass is 210 g/mol. The van der Waals surface area contributed by atoms with Gasteiger partial charge in [0.2, 0.25) is 5.91 Å². The van der Waals surface area contributed by atoms with Crippen LogP contribution in [0.1, 0.15) is 26.2 Å². The lowest BCUT2D eigenvalue weighted by atomic mass is 9.73. The minimum Gasteiger partial charge on any atom is -0.348 e. The molecule has 0 aromatic carbocycles. The van der Waals surface area contributed by atoms with Gasteiger partial charge in [0, 0.05) is 13.0 Å². The first kappa shape index (κ1) is 10.6. The second kappa shape index (κ2) is 3.93. The van der Waals surface area contributed by atoms with Crippen molar-refractivity contribution in [3.05, 3.63) is 0 Å². The van der Waals surface area contributed by atoms with E-state index in [0.717, 1.165) is 32.5 Å².